The highest BCUT2D eigenvalue weighted by Gasteiger charge is 2.19. The van der Waals surface area contributed by atoms with Crippen LogP contribution in [0.2, 0.25) is 0 Å². The van der Waals surface area contributed by atoms with E-state index in [1.165, 1.54) is 31.5 Å². The van der Waals surface area contributed by atoms with E-state index < -0.39 is 22.8 Å². The zero-order valence-electron chi connectivity index (χ0n) is 13.8. The first-order valence-corrected chi connectivity index (χ1v) is 7.38. The number of nitrogens with two attached hydrogens (primary N) is 1. The van der Waals surface area contributed by atoms with Gasteiger partial charge in [0.15, 0.2) is 0 Å². The number of nitro groups is 1. The first-order valence-electron chi connectivity index (χ1n) is 7.38. The molecule has 10 nitrogen and oxygen atoms in total. The van der Waals surface area contributed by atoms with Gasteiger partial charge in [-0.05, 0) is 18.6 Å². The van der Waals surface area contributed by atoms with E-state index in [1.54, 1.807) is 6.92 Å². The quantitative estimate of drug-likeness (QED) is 0.271. The van der Waals surface area contributed by atoms with Gasteiger partial charge in [-0.3, -0.25) is 24.7 Å². The largest absolute Gasteiger partial charge is 0.411 e. The summed E-state index contributed by atoms with van der Waals surface area (Å²) in [5, 5.41) is 25.4. The lowest BCUT2D eigenvalue weighted by Crippen LogP contribution is -2.31. The molecule has 0 aromatic carbocycles. The van der Waals surface area contributed by atoms with Crippen LogP contribution in [0.4, 0.5) is 0 Å². The van der Waals surface area contributed by atoms with Gasteiger partial charge < -0.3 is 16.3 Å². The van der Waals surface area contributed by atoms with Crippen molar-refractivity contribution >= 4 is 17.5 Å². The van der Waals surface area contributed by atoms with Gasteiger partial charge >= 0.3 is 0 Å². The Balaban J connectivity index is 2.90. The number of primary amides is 1. The van der Waals surface area contributed by atoms with Gasteiger partial charge in [0.25, 0.3) is 5.91 Å². The third kappa shape index (κ3) is 5.37. The molecule has 1 heterocycles. The highest BCUT2D eigenvalue weighted by molar-refractivity contribution is 6.08. The lowest BCUT2D eigenvalue weighted by atomic mass is 10.0. The monoisotopic (exact) mass is 349 g/mol. The van der Waals surface area contributed by atoms with E-state index in [4.69, 9.17) is 10.9 Å². The van der Waals surface area contributed by atoms with Crippen LogP contribution in [-0.4, -0.2) is 45.2 Å². The van der Waals surface area contributed by atoms with Crippen LogP contribution in [0.5, 0.6) is 0 Å². The maximum Gasteiger partial charge on any atom is 0.253 e. The molecular formula is C15H19N5O5. The molecule has 1 aromatic heterocycles. The fraction of sp³-hybridized carbons (Fsp3) is 0.333. The summed E-state index contributed by atoms with van der Waals surface area (Å²) in [6, 6.07) is 0.365. The topological polar surface area (TPSA) is 161 Å². The second kappa shape index (κ2) is 9.11. The molecule has 25 heavy (non-hydrogen) atoms. The third-order valence-electron chi connectivity index (χ3n) is 3.50. The fourth-order valence-corrected chi connectivity index (χ4v) is 2.04. The summed E-state index contributed by atoms with van der Waals surface area (Å²) in [5.74, 6) is -1.42. The lowest BCUT2D eigenvalue weighted by Gasteiger charge is -2.09. The predicted octanol–water partition coefficient (Wildman–Crippen LogP) is 0.742. The fourth-order valence-electron chi connectivity index (χ4n) is 2.04. The van der Waals surface area contributed by atoms with Crippen LogP contribution in [0.3, 0.4) is 0 Å². The number of hydrogen-bond donors (Lipinski definition) is 3. The van der Waals surface area contributed by atoms with E-state index in [0.717, 1.165) is 0 Å². The molecule has 134 valence electrons. The second-order valence-corrected chi connectivity index (χ2v) is 5.09. The molecule has 0 spiro atoms. The summed E-state index contributed by atoms with van der Waals surface area (Å²) in [6.45, 7) is 2.95. The number of aromatic nitrogens is 1. The number of rotatable bonds is 8. The number of pyridine rings is 1. The van der Waals surface area contributed by atoms with Crippen LogP contribution in [0.1, 0.15) is 41.0 Å². The summed E-state index contributed by atoms with van der Waals surface area (Å²) in [7, 11) is 0. The van der Waals surface area contributed by atoms with Crippen LogP contribution < -0.4 is 11.1 Å². The van der Waals surface area contributed by atoms with Crippen LogP contribution >= 0.6 is 0 Å². The normalized spacial score (nSPS) is 13.2. The molecule has 0 bridgehead atoms. The van der Waals surface area contributed by atoms with Crippen molar-refractivity contribution in [1.82, 2.24) is 10.3 Å². The molecule has 0 radical (unpaired) electrons. The van der Waals surface area contributed by atoms with E-state index in [2.05, 4.69) is 15.5 Å². The summed E-state index contributed by atoms with van der Waals surface area (Å²) in [5.41, 5.74) is 5.64. The average Bonchev–Trinajstić information content (AvgIpc) is 2.61. The predicted molar refractivity (Wildman–Crippen MR) is 89.1 cm³/mol. The van der Waals surface area contributed by atoms with Gasteiger partial charge in [0.1, 0.15) is 0 Å². The van der Waals surface area contributed by atoms with Gasteiger partial charge in [-0.2, -0.15) is 0 Å². The van der Waals surface area contributed by atoms with E-state index in [1.807, 2.05) is 0 Å². The SMILES string of the molecule is CC/C(=C\C(CNC(=O)c1cnccc1C(N)=O)=N/O)C(C)[N+](=O)[O-]. The van der Waals surface area contributed by atoms with Gasteiger partial charge in [-0.25, -0.2) is 0 Å². The molecule has 2 amide bonds. The lowest BCUT2D eigenvalue weighted by molar-refractivity contribution is -0.507. The molecule has 1 aromatic rings. The van der Waals surface area contributed by atoms with Crippen molar-refractivity contribution in [3.05, 3.63) is 51.4 Å². The summed E-state index contributed by atoms with van der Waals surface area (Å²) >= 11 is 0. The molecule has 10 heteroatoms. The van der Waals surface area contributed by atoms with Crippen molar-refractivity contribution in [2.75, 3.05) is 6.54 Å². The molecule has 0 aliphatic rings. The number of hydrogen-bond acceptors (Lipinski definition) is 7. The molecular weight excluding hydrogens is 330 g/mol. The Hall–Kier alpha value is -3.30. The number of nitrogens with one attached hydrogen (secondary N) is 1. The van der Waals surface area contributed by atoms with E-state index in [-0.39, 0.29) is 23.4 Å². The van der Waals surface area contributed by atoms with Gasteiger partial charge in [0.05, 0.1) is 23.4 Å². The smallest absolute Gasteiger partial charge is 0.253 e. The van der Waals surface area contributed by atoms with Crippen molar-refractivity contribution in [2.24, 2.45) is 10.9 Å². The zero-order chi connectivity index (χ0) is 19.0. The van der Waals surface area contributed by atoms with E-state index in [0.29, 0.717) is 12.0 Å². The molecule has 0 saturated heterocycles. The number of carbonyl (C=O) groups is 2. The minimum atomic E-state index is -0.947. The van der Waals surface area contributed by atoms with Gasteiger partial charge in [0, 0.05) is 29.8 Å². The number of amides is 2. The molecule has 1 rings (SSSR count). The summed E-state index contributed by atoms with van der Waals surface area (Å²) < 4.78 is 0. The Bertz CT molecular complexity index is 729. The van der Waals surface area contributed by atoms with Crippen molar-refractivity contribution in [3.8, 4) is 0 Å². The van der Waals surface area contributed by atoms with Crippen molar-refractivity contribution in [2.45, 2.75) is 26.3 Å². The van der Waals surface area contributed by atoms with Crippen LogP contribution in [-0.2, 0) is 0 Å². The molecule has 4 N–H and O–H groups in total. The molecule has 1 atom stereocenters. The number of nitrogens with zero attached hydrogens (tertiary/aromatic N) is 3. The molecule has 0 aliphatic heterocycles. The Morgan fingerprint density at radius 3 is 2.72 bits per heavy atom. The van der Waals surface area contributed by atoms with Crippen molar-refractivity contribution in [1.29, 1.82) is 0 Å². The van der Waals surface area contributed by atoms with Crippen molar-refractivity contribution in [3.63, 3.8) is 0 Å². The highest BCUT2D eigenvalue weighted by atomic mass is 16.6. The maximum absolute atomic E-state index is 12.2. The number of oxime groups is 1. The summed E-state index contributed by atoms with van der Waals surface area (Å²) in [4.78, 5) is 37.7. The number of carbonyl (C=O) groups excluding carboxylic acids is 2. The summed E-state index contributed by atoms with van der Waals surface area (Å²) in [6.07, 6.45) is 4.25. The minimum absolute atomic E-state index is 0.00162. The van der Waals surface area contributed by atoms with Gasteiger partial charge in [-0.15, -0.1) is 0 Å². The van der Waals surface area contributed by atoms with Crippen LogP contribution in [0, 0.1) is 10.1 Å². The standard InChI is InChI=1S/C15H19N5O5/c1-3-10(9(2)20(24)25)6-11(19-23)7-18-15(22)13-8-17-5-4-12(13)14(16)21/h4-6,8-9,23H,3,7H2,1-2H3,(H2,16,21)(H,18,22)/b10-6+,19-11+. The minimum Gasteiger partial charge on any atom is -0.411 e. The molecule has 1 unspecified atom stereocenters. The molecule has 0 aliphatic carbocycles. The maximum atomic E-state index is 12.2. The van der Waals surface area contributed by atoms with E-state index in [9.17, 15) is 19.7 Å². The first-order chi connectivity index (χ1) is 11.8. The molecule has 0 saturated carbocycles. The third-order valence-corrected chi connectivity index (χ3v) is 3.50. The van der Waals surface area contributed by atoms with Gasteiger partial charge in [0.2, 0.25) is 11.9 Å². The second-order valence-electron chi connectivity index (χ2n) is 5.09. The van der Waals surface area contributed by atoms with Crippen molar-refractivity contribution < 1.29 is 19.7 Å². The zero-order valence-corrected chi connectivity index (χ0v) is 13.8. The first kappa shape index (κ1) is 19.7. The Labute approximate surface area is 143 Å². The van der Waals surface area contributed by atoms with Crippen LogP contribution in [0.15, 0.2) is 35.3 Å². The average molecular weight is 349 g/mol. The Morgan fingerprint density at radius 1 is 1.52 bits per heavy atom. The van der Waals surface area contributed by atoms with Gasteiger partial charge in [-0.1, -0.05) is 12.1 Å². The van der Waals surface area contributed by atoms with E-state index >= 15 is 0 Å². The highest BCUT2D eigenvalue weighted by Crippen LogP contribution is 2.10. The van der Waals surface area contributed by atoms with Crippen LogP contribution in [0.25, 0.3) is 0 Å². The Kier molecular flexibility index (Phi) is 7.19. The molecule has 0 fully saturated rings. The Morgan fingerprint density at radius 2 is 2.20 bits per heavy atom.